The lowest BCUT2D eigenvalue weighted by atomic mass is 9.95. The minimum atomic E-state index is -0.670. The molecule has 6 heteroatoms. The van der Waals surface area contributed by atoms with Crippen LogP contribution in [0.3, 0.4) is 0 Å². The third kappa shape index (κ3) is 2.46. The number of alkyl halides is 1. The molecule has 1 aromatic heterocycles. The molecule has 0 saturated heterocycles. The first-order chi connectivity index (χ1) is 10.1. The third-order valence-electron chi connectivity index (χ3n) is 3.86. The van der Waals surface area contributed by atoms with Crippen LogP contribution in [0.2, 0.25) is 5.28 Å². The van der Waals surface area contributed by atoms with E-state index >= 15 is 0 Å². The van der Waals surface area contributed by atoms with E-state index in [1.807, 2.05) is 0 Å². The average molecular weight is 310 g/mol. The van der Waals surface area contributed by atoms with Crippen molar-refractivity contribution in [2.24, 2.45) is 0 Å². The van der Waals surface area contributed by atoms with E-state index in [1.165, 1.54) is 6.07 Å². The highest BCUT2D eigenvalue weighted by Gasteiger charge is 2.30. The fourth-order valence-electron chi connectivity index (χ4n) is 2.88. The molecule has 1 aromatic carbocycles. The van der Waals surface area contributed by atoms with Crippen LogP contribution in [0.1, 0.15) is 34.7 Å². The largest absolute Gasteiger partial charge is 0.373 e. The summed E-state index contributed by atoms with van der Waals surface area (Å²) in [6.07, 6.45) is 1.50. The lowest BCUT2D eigenvalue weighted by molar-refractivity contribution is 0.481. The standard InChI is InChI=1S/C15H14ClF2N3/c1-19-14-11-5-4-10(13(11)20-15(16)21-14)9-3-2-8(7-17)6-12(9)18/h2-3,6,10H,4-5,7H2,1H3,(H,19,20,21). The second-order valence-corrected chi connectivity index (χ2v) is 5.37. The summed E-state index contributed by atoms with van der Waals surface area (Å²) >= 11 is 5.94. The first kappa shape index (κ1) is 14.2. The number of hydrogen-bond acceptors (Lipinski definition) is 3. The molecule has 0 aliphatic heterocycles. The summed E-state index contributed by atoms with van der Waals surface area (Å²) in [6.45, 7) is -0.670. The normalized spacial score (nSPS) is 16.9. The van der Waals surface area contributed by atoms with Gasteiger partial charge in [-0.25, -0.2) is 18.7 Å². The summed E-state index contributed by atoms with van der Waals surface area (Å²) in [5, 5.41) is 3.14. The molecule has 1 N–H and O–H groups in total. The Morgan fingerprint density at radius 3 is 2.86 bits per heavy atom. The lowest BCUT2D eigenvalue weighted by Gasteiger charge is -2.14. The molecule has 1 aliphatic rings. The van der Waals surface area contributed by atoms with Crippen LogP contribution in [0.5, 0.6) is 0 Å². The quantitative estimate of drug-likeness (QED) is 0.875. The second-order valence-electron chi connectivity index (χ2n) is 5.04. The maximum atomic E-state index is 14.2. The number of nitrogens with zero attached hydrogens (tertiary/aromatic N) is 2. The van der Waals surface area contributed by atoms with Crippen LogP contribution in [-0.4, -0.2) is 17.0 Å². The van der Waals surface area contributed by atoms with Crippen molar-refractivity contribution >= 4 is 17.4 Å². The SMILES string of the molecule is CNc1nc(Cl)nc2c1CCC2c1ccc(CF)cc1F. The molecule has 110 valence electrons. The van der Waals surface area contributed by atoms with Crippen LogP contribution in [-0.2, 0) is 13.1 Å². The Labute approximate surface area is 126 Å². The zero-order valence-electron chi connectivity index (χ0n) is 11.5. The van der Waals surface area contributed by atoms with E-state index in [0.717, 1.165) is 24.1 Å². The van der Waals surface area contributed by atoms with Crippen molar-refractivity contribution in [1.82, 2.24) is 9.97 Å². The molecule has 0 bridgehead atoms. The molecule has 0 radical (unpaired) electrons. The molecule has 3 nitrogen and oxygen atoms in total. The summed E-state index contributed by atoms with van der Waals surface area (Å²) < 4.78 is 26.8. The number of anilines is 1. The van der Waals surface area contributed by atoms with Gasteiger partial charge in [0.05, 0.1) is 5.69 Å². The lowest BCUT2D eigenvalue weighted by Crippen LogP contribution is -2.05. The van der Waals surface area contributed by atoms with Gasteiger partial charge in [0, 0.05) is 18.5 Å². The Bertz CT molecular complexity index is 691. The number of fused-ring (bicyclic) bond motifs is 1. The average Bonchev–Trinajstić information content (AvgIpc) is 2.89. The highest BCUT2D eigenvalue weighted by atomic mass is 35.5. The summed E-state index contributed by atoms with van der Waals surface area (Å²) in [5.41, 5.74) is 2.60. The first-order valence-corrected chi connectivity index (χ1v) is 7.10. The Morgan fingerprint density at radius 1 is 1.38 bits per heavy atom. The van der Waals surface area contributed by atoms with E-state index in [4.69, 9.17) is 11.6 Å². The monoisotopic (exact) mass is 309 g/mol. The minimum absolute atomic E-state index is 0.144. The van der Waals surface area contributed by atoms with Crippen LogP contribution < -0.4 is 5.32 Å². The Balaban J connectivity index is 2.07. The predicted octanol–water partition coefficient (Wildman–Crippen LogP) is 3.86. The van der Waals surface area contributed by atoms with Crippen molar-refractivity contribution in [3.8, 4) is 0 Å². The molecule has 2 aromatic rings. The van der Waals surface area contributed by atoms with Crippen molar-refractivity contribution < 1.29 is 8.78 Å². The smallest absolute Gasteiger partial charge is 0.224 e. The third-order valence-corrected chi connectivity index (χ3v) is 4.03. The van der Waals surface area contributed by atoms with Gasteiger partial charge in [-0.05, 0) is 41.6 Å². The van der Waals surface area contributed by atoms with Gasteiger partial charge < -0.3 is 5.32 Å². The van der Waals surface area contributed by atoms with Gasteiger partial charge in [0.2, 0.25) is 5.28 Å². The van der Waals surface area contributed by atoms with Gasteiger partial charge in [0.25, 0.3) is 0 Å². The van der Waals surface area contributed by atoms with Crippen LogP contribution >= 0.6 is 11.6 Å². The van der Waals surface area contributed by atoms with Crippen molar-refractivity contribution in [2.45, 2.75) is 25.4 Å². The van der Waals surface area contributed by atoms with E-state index in [2.05, 4.69) is 15.3 Å². The molecular formula is C15H14ClF2N3. The van der Waals surface area contributed by atoms with E-state index in [1.54, 1.807) is 19.2 Å². The highest BCUT2D eigenvalue weighted by Crippen LogP contribution is 2.40. The zero-order chi connectivity index (χ0) is 15.0. The number of benzene rings is 1. The van der Waals surface area contributed by atoms with Crippen LogP contribution in [0.25, 0.3) is 0 Å². The summed E-state index contributed by atoms with van der Waals surface area (Å²) in [4.78, 5) is 8.42. The van der Waals surface area contributed by atoms with Gasteiger partial charge in [-0.1, -0.05) is 12.1 Å². The molecule has 1 atom stereocenters. The van der Waals surface area contributed by atoms with Gasteiger partial charge in [0.1, 0.15) is 18.3 Å². The molecule has 0 fully saturated rings. The number of rotatable bonds is 3. The molecule has 1 aliphatic carbocycles. The second kappa shape index (κ2) is 5.56. The number of halogens is 3. The predicted molar refractivity (Wildman–Crippen MR) is 78.0 cm³/mol. The van der Waals surface area contributed by atoms with Crippen LogP contribution in [0.4, 0.5) is 14.6 Å². The van der Waals surface area contributed by atoms with Crippen molar-refractivity contribution in [3.05, 3.63) is 51.7 Å². The molecule has 1 unspecified atom stereocenters. The molecule has 3 rings (SSSR count). The number of aromatic nitrogens is 2. The zero-order valence-corrected chi connectivity index (χ0v) is 12.2. The van der Waals surface area contributed by atoms with Crippen LogP contribution in [0.15, 0.2) is 18.2 Å². The summed E-state index contributed by atoms with van der Waals surface area (Å²) in [7, 11) is 1.77. The Kier molecular flexibility index (Phi) is 3.76. The fraction of sp³-hybridized carbons (Fsp3) is 0.333. The van der Waals surface area contributed by atoms with E-state index in [0.29, 0.717) is 16.9 Å². The van der Waals surface area contributed by atoms with Gasteiger partial charge in [0.15, 0.2) is 0 Å². The first-order valence-electron chi connectivity index (χ1n) is 6.72. The number of nitrogens with one attached hydrogen (secondary N) is 1. The Morgan fingerprint density at radius 2 is 2.19 bits per heavy atom. The van der Waals surface area contributed by atoms with Gasteiger partial charge >= 0.3 is 0 Å². The van der Waals surface area contributed by atoms with E-state index in [-0.39, 0.29) is 11.2 Å². The van der Waals surface area contributed by atoms with Crippen molar-refractivity contribution in [1.29, 1.82) is 0 Å². The molecule has 1 heterocycles. The maximum Gasteiger partial charge on any atom is 0.224 e. The molecule has 0 amide bonds. The van der Waals surface area contributed by atoms with Crippen molar-refractivity contribution in [3.63, 3.8) is 0 Å². The molecule has 21 heavy (non-hydrogen) atoms. The minimum Gasteiger partial charge on any atom is -0.373 e. The molecule has 0 spiro atoms. The fourth-order valence-corrected chi connectivity index (χ4v) is 3.05. The highest BCUT2D eigenvalue weighted by molar-refractivity contribution is 6.28. The summed E-state index contributed by atoms with van der Waals surface area (Å²) in [6, 6.07) is 4.49. The topological polar surface area (TPSA) is 37.8 Å². The van der Waals surface area contributed by atoms with Crippen LogP contribution in [0, 0.1) is 5.82 Å². The van der Waals surface area contributed by atoms with Gasteiger partial charge in [-0.3, -0.25) is 0 Å². The molecule has 0 saturated carbocycles. The van der Waals surface area contributed by atoms with E-state index < -0.39 is 12.5 Å². The van der Waals surface area contributed by atoms with E-state index in [9.17, 15) is 8.78 Å². The van der Waals surface area contributed by atoms with Gasteiger partial charge in [-0.15, -0.1) is 0 Å². The Hall–Kier alpha value is -1.75. The van der Waals surface area contributed by atoms with Gasteiger partial charge in [-0.2, -0.15) is 0 Å². The van der Waals surface area contributed by atoms with Crippen molar-refractivity contribution in [2.75, 3.05) is 12.4 Å². The molecular weight excluding hydrogens is 296 g/mol. The maximum absolute atomic E-state index is 14.2. The summed E-state index contributed by atoms with van der Waals surface area (Å²) in [5.74, 6) is 0.123. The number of hydrogen-bond donors (Lipinski definition) is 1.